The lowest BCUT2D eigenvalue weighted by Crippen LogP contribution is -2.42. The minimum Gasteiger partial charge on any atom is -0.348 e. The zero-order valence-corrected chi connectivity index (χ0v) is 16.1. The number of rotatable bonds is 7. The molecule has 0 spiro atoms. The summed E-state index contributed by atoms with van der Waals surface area (Å²) in [7, 11) is 0. The van der Waals surface area contributed by atoms with Gasteiger partial charge in [0.25, 0.3) is 0 Å². The van der Waals surface area contributed by atoms with E-state index in [1.165, 1.54) is 24.0 Å². The lowest BCUT2D eigenvalue weighted by Gasteiger charge is -2.30. The van der Waals surface area contributed by atoms with E-state index in [0.29, 0.717) is 5.56 Å². The Labute approximate surface area is 169 Å². The average Bonchev–Trinajstić information content (AvgIpc) is 2.74. The number of nitrogens with one attached hydrogen (secondary N) is 1. The summed E-state index contributed by atoms with van der Waals surface area (Å²) >= 11 is 0. The number of benzene rings is 2. The van der Waals surface area contributed by atoms with Crippen LogP contribution in [0.25, 0.3) is 0 Å². The Bertz CT molecular complexity index is 947. The molecule has 1 N–H and O–H groups in total. The SMILES string of the molecule is CC(=O)N(Cc1ccc(F)cc1)C(C(=O)NCc1ccccn1)c1ccccc1. The molecular formula is C23H22FN3O2. The first kappa shape index (κ1) is 20.2. The van der Waals surface area contributed by atoms with Gasteiger partial charge in [-0.15, -0.1) is 0 Å². The van der Waals surface area contributed by atoms with Crippen LogP contribution in [0.5, 0.6) is 0 Å². The molecule has 1 heterocycles. The van der Waals surface area contributed by atoms with Crippen LogP contribution in [0.15, 0.2) is 79.0 Å². The van der Waals surface area contributed by atoms with Gasteiger partial charge in [0, 0.05) is 19.7 Å². The monoisotopic (exact) mass is 391 g/mol. The topological polar surface area (TPSA) is 62.3 Å². The quantitative estimate of drug-likeness (QED) is 0.669. The van der Waals surface area contributed by atoms with E-state index in [-0.39, 0.29) is 30.7 Å². The van der Waals surface area contributed by atoms with E-state index >= 15 is 0 Å². The molecule has 0 saturated carbocycles. The van der Waals surface area contributed by atoms with Crippen LogP contribution in [0.2, 0.25) is 0 Å². The number of hydrogen-bond donors (Lipinski definition) is 1. The van der Waals surface area contributed by atoms with Crippen LogP contribution in [0.4, 0.5) is 4.39 Å². The second-order valence-electron chi connectivity index (χ2n) is 6.63. The predicted octanol–water partition coefficient (Wildman–Crippen LogP) is 3.63. The molecule has 3 aromatic rings. The molecule has 0 radical (unpaired) electrons. The number of nitrogens with zero attached hydrogens (tertiary/aromatic N) is 2. The van der Waals surface area contributed by atoms with Crippen molar-refractivity contribution in [3.05, 3.63) is 102 Å². The molecule has 1 unspecified atom stereocenters. The van der Waals surface area contributed by atoms with Gasteiger partial charge in [-0.05, 0) is 35.4 Å². The summed E-state index contributed by atoms with van der Waals surface area (Å²) in [5.74, 6) is -0.911. The molecule has 1 atom stereocenters. The van der Waals surface area contributed by atoms with Crippen LogP contribution in [0.1, 0.15) is 29.8 Å². The highest BCUT2D eigenvalue weighted by Gasteiger charge is 2.29. The Hall–Kier alpha value is -3.54. The van der Waals surface area contributed by atoms with Crippen molar-refractivity contribution in [3.63, 3.8) is 0 Å². The maximum Gasteiger partial charge on any atom is 0.247 e. The molecule has 29 heavy (non-hydrogen) atoms. The van der Waals surface area contributed by atoms with Gasteiger partial charge in [-0.25, -0.2) is 4.39 Å². The zero-order valence-electron chi connectivity index (χ0n) is 16.1. The van der Waals surface area contributed by atoms with Crippen LogP contribution in [0.3, 0.4) is 0 Å². The Morgan fingerprint density at radius 3 is 2.31 bits per heavy atom. The molecule has 2 amide bonds. The highest BCUT2D eigenvalue weighted by molar-refractivity contribution is 5.88. The van der Waals surface area contributed by atoms with Gasteiger partial charge in [0.2, 0.25) is 11.8 Å². The number of hydrogen-bond acceptors (Lipinski definition) is 3. The Morgan fingerprint density at radius 1 is 1.00 bits per heavy atom. The number of carbonyl (C=O) groups is 2. The second-order valence-corrected chi connectivity index (χ2v) is 6.63. The third-order valence-electron chi connectivity index (χ3n) is 4.52. The summed E-state index contributed by atoms with van der Waals surface area (Å²) in [4.78, 5) is 31.3. The minimum absolute atomic E-state index is 0.187. The van der Waals surface area contributed by atoms with Crippen molar-refractivity contribution < 1.29 is 14.0 Å². The van der Waals surface area contributed by atoms with Crippen LogP contribution in [0, 0.1) is 5.82 Å². The average molecular weight is 391 g/mol. The smallest absolute Gasteiger partial charge is 0.247 e. The van der Waals surface area contributed by atoms with Crippen molar-refractivity contribution in [1.29, 1.82) is 0 Å². The summed E-state index contributed by atoms with van der Waals surface area (Å²) in [5.41, 5.74) is 2.16. The fourth-order valence-corrected chi connectivity index (χ4v) is 3.06. The maximum atomic E-state index is 13.2. The molecule has 0 fully saturated rings. The van der Waals surface area contributed by atoms with Gasteiger partial charge < -0.3 is 10.2 Å². The molecule has 0 aliphatic carbocycles. The largest absolute Gasteiger partial charge is 0.348 e. The van der Waals surface area contributed by atoms with Gasteiger partial charge in [0.15, 0.2) is 0 Å². The maximum absolute atomic E-state index is 13.2. The van der Waals surface area contributed by atoms with Gasteiger partial charge in [-0.2, -0.15) is 0 Å². The summed E-state index contributed by atoms with van der Waals surface area (Å²) < 4.78 is 13.2. The number of amides is 2. The standard InChI is InChI=1S/C23H22FN3O2/c1-17(28)27(16-18-10-12-20(24)13-11-18)22(19-7-3-2-4-8-19)23(29)26-15-21-9-5-6-14-25-21/h2-14,22H,15-16H2,1H3,(H,26,29). The van der Waals surface area contributed by atoms with E-state index < -0.39 is 6.04 Å². The number of aromatic nitrogens is 1. The summed E-state index contributed by atoms with van der Waals surface area (Å²) in [6.07, 6.45) is 1.66. The lowest BCUT2D eigenvalue weighted by molar-refractivity contribution is -0.140. The van der Waals surface area contributed by atoms with Gasteiger partial charge in [-0.1, -0.05) is 48.5 Å². The molecule has 0 aliphatic heterocycles. The fraction of sp³-hybridized carbons (Fsp3) is 0.174. The number of pyridine rings is 1. The van der Waals surface area contributed by atoms with E-state index in [0.717, 1.165) is 11.3 Å². The van der Waals surface area contributed by atoms with Crippen LogP contribution in [-0.4, -0.2) is 21.7 Å². The first-order valence-electron chi connectivity index (χ1n) is 9.29. The lowest BCUT2D eigenvalue weighted by atomic mass is 10.0. The molecule has 148 valence electrons. The Balaban J connectivity index is 1.86. The van der Waals surface area contributed by atoms with Crippen molar-refractivity contribution in [3.8, 4) is 0 Å². The van der Waals surface area contributed by atoms with Gasteiger partial charge in [0.1, 0.15) is 11.9 Å². The highest BCUT2D eigenvalue weighted by Crippen LogP contribution is 2.24. The third kappa shape index (κ3) is 5.48. The molecule has 0 aliphatic rings. The van der Waals surface area contributed by atoms with Crippen molar-refractivity contribution in [2.24, 2.45) is 0 Å². The number of carbonyl (C=O) groups excluding carboxylic acids is 2. The molecule has 5 nitrogen and oxygen atoms in total. The van der Waals surface area contributed by atoms with Gasteiger partial charge in [0.05, 0.1) is 12.2 Å². The highest BCUT2D eigenvalue weighted by atomic mass is 19.1. The number of halogens is 1. The van der Waals surface area contributed by atoms with Crippen LogP contribution in [-0.2, 0) is 22.7 Å². The Kier molecular flexibility index (Phi) is 6.68. The normalized spacial score (nSPS) is 11.5. The Morgan fingerprint density at radius 2 is 1.69 bits per heavy atom. The fourth-order valence-electron chi connectivity index (χ4n) is 3.06. The molecular weight excluding hydrogens is 369 g/mol. The van der Waals surface area contributed by atoms with E-state index in [1.54, 1.807) is 24.4 Å². The molecule has 2 aromatic carbocycles. The predicted molar refractivity (Wildman–Crippen MR) is 108 cm³/mol. The van der Waals surface area contributed by atoms with Gasteiger partial charge in [-0.3, -0.25) is 14.6 Å². The molecule has 1 aromatic heterocycles. The molecule has 6 heteroatoms. The third-order valence-corrected chi connectivity index (χ3v) is 4.52. The van der Waals surface area contributed by atoms with Gasteiger partial charge >= 0.3 is 0 Å². The first-order chi connectivity index (χ1) is 14.0. The molecule has 3 rings (SSSR count). The zero-order chi connectivity index (χ0) is 20.6. The van der Waals surface area contributed by atoms with Crippen molar-refractivity contribution >= 4 is 11.8 Å². The van der Waals surface area contributed by atoms with Crippen LogP contribution < -0.4 is 5.32 Å². The van der Waals surface area contributed by atoms with Crippen molar-refractivity contribution in [2.45, 2.75) is 26.1 Å². The summed E-state index contributed by atoms with van der Waals surface area (Å²) in [6.45, 7) is 1.86. The van der Waals surface area contributed by atoms with E-state index in [2.05, 4.69) is 10.3 Å². The molecule has 0 bridgehead atoms. The second kappa shape index (κ2) is 9.59. The van der Waals surface area contributed by atoms with E-state index in [9.17, 15) is 14.0 Å². The van der Waals surface area contributed by atoms with Crippen LogP contribution >= 0.6 is 0 Å². The van der Waals surface area contributed by atoms with E-state index in [1.807, 2.05) is 42.5 Å². The first-order valence-corrected chi connectivity index (χ1v) is 9.29. The van der Waals surface area contributed by atoms with Crippen molar-refractivity contribution in [1.82, 2.24) is 15.2 Å². The summed E-state index contributed by atoms with van der Waals surface area (Å²) in [6, 6.07) is 19.7. The summed E-state index contributed by atoms with van der Waals surface area (Å²) in [5, 5.41) is 2.87. The van der Waals surface area contributed by atoms with E-state index in [4.69, 9.17) is 0 Å². The minimum atomic E-state index is -0.817. The van der Waals surface area contributed by atoms with Crippen molar-refractivity contribution in [2.75, 3.05) is 0 Å². The molecule has 0 saturated heterocycles.